The Morgan fingerprint density at radius 2 is 2.17 bits per heavy atom. The Balaban J connectivity index is 2.10. The number of epoxide rings is 1. The molecule has 1 saturated heterocycles. The van der Waals surface area contributed by atoms with Crippen molar-refractivity contribution < 1.29 is 14.6 Å². The molecule has 1 N–H and O–H groups in total. The van der Waals surface area contributed by atoms with E-state index in [-0.39, 0.29) is 0 Å². The van der Waals surface area contributed by atoms with Crippen LogP contribution in [0.5, 0.6) is 0 Å². The van der Waals surface area contributed by atoms with Crippen LogP contribution < -0.4 is 0 Å². The fraction of sp³-hybridized carbons (Fsp3) is 0.889. The second-order valence-electron chi connectivity index (χ2n) is 3.40. The first-order valence-corrected chi connectivity index (χ1v) is 4.58. The Hall–Kier alpha value is -0.570. The highest BCUT2D eigenvalue weighted by Crippen LogP contribution is 2.33. The van der Waals surface area contributed by atoms with Crippen molar-refractivity contribution >= 4 is 5.97 Å². The van der Waals surface area contributed by atoms with E-state index in [2.05, 4.69) is 6.92 Å². The topological polar surface area (TPSA) is 49.8 Å². The van der Waals surface area contributed by atoms with Gasteiger partial charge in [-0.1, -0.05) is 26.2 Å². The fourth-order valence-corrected chi connectivity index (χ4v) is 1.30. The predicted octanol–water partition coefficient (Wildman–Crippen LogP) is 1.81. The van der Waals surface area contributed by atoms with Gasteiger partial charge in [0.1, 0.15) is 0 Å². The van der Waals surface area contributed by atoms with Crippen molar-refractivity contribution in [2.45, 2.75) is 44.6 Å². The van der Waals surface area contributed by atoms with Crippen LogP contribution in [0.2, 0.25) is 0 Å². The zero-order valence-corrected chi connectivity index (χ0v) is 7.51. The lowest BCUT2D eigenvalue weighted by molar-refractivity contribution is -0.143. The minimum absolute atomic E-state index is 0.411. The molecule has 1 atom stereocenters. The van der Waals surface area contributed by atoms with Crippen LogP contribution in [0.15, 0.2) is 0 Å². The average Bonchev–Trinajstić information content (AvgIpc) is 2.79. The van der Waals surface area contributed by atoms with Gasteiger partial charge in [0.25, 0.3) is 0 Å². The van der Waals surface area contributed by atoms with Crippen LogP contribution in [-0.4, -0.2) is 23.3 Å². The number of carboxylic acids is 1. The minimum Gasteiger partial charge on any atom is -0.479 e. The standard InChI is InChI=1S/C9H16O3/c1-2-3-4-5-6-9(7-12-9)8(10)11/h2-7H2,1H3,(H,10,11). The summed E-state index contributed by atoms with van der Waals surface area (Å²) in [5, 5.41) is 8.74. The van der Waals surface area contributed by atoms with E-state index in [0.717, 1.165) is 12.8 Å². The molecule has 1 unspecified atom stereocenters. The van der Waals surface area contributed by atoms with Crippen LogP contribution >= 0.6 is 0 Å². The molecule has 0 aromatic heterocycles. The van der Waals surface area contributed by atoms with Gasteiger partial charge < -0.3 is 9.84 Å². The minimum atomic E-state index is -0.793. The number of carboxylic acid groups (broad SMARTS) is 1. The van der Waals surface area contributed by atoms with Crippen LogP contribution in [0.4, 0.5) is 0 Å². The quantitative estimate of drug-likeness (QED) is 0.491. The highest BCUT2D eigenvalue weighted by molar-refractivity contribution is 5.80. The summed E-state index contributed by atoms with van der Waals surface area (Å²) in [7, 11) is 0. The highest BCUT2D eigenvalue weighted by atomic mass is 16.6. The second-order valence-corrected chi connectivity index (χ2v) is 3.40. The van der Waals surface area contributed by atoms with Gasteiger partial charge in [0.2, 0.25) is 0 Å². The van der Waals surface area contributed by atoms with E-state index in [1.807, 2.05) is 0 Å². The number of rotatable bonds is 6. The van der Waals surface area contributed by atoms with Crippen LogP contribution in [0.3, 0.4) is 0 Å². The van der Waals surface area contributed by atoms with E-state index in [4.69, 9.17) is 9.84 Å². The molecule has 0 spiro atoms. The third kappa shape index (κ3) is 2.21. The van der Waals surface area contributed by atoms with Crippen molar-refractivity contribution in [3.8, 4) is 0 Å². The van der Waals surface area contributed by atoms with E-state index in [9.17, 15) is 4.79 Å². The van der Waals surface area contributed by atoms with Crippen molar-refractivity contribution in [3.05, 3.63) is 0 Å². The molecular formula is C9H16O3. The summed E-state index contributed by atoms with van der Waals surface area (Å²) in [4.78, 5) is 10.6. The molecule has 0 aliphatic carbocycles. The van der Waals surface area contributed by atoms with Gasteiger partial charge in [0.15, 0.2) is 5.60 Å². The van der Waals surface area contributed by atoms with Crippen LogP contribution in [-0.2, 0) is 9.53 Å². The molecule has 0 amide bonds. The van der Waals surface area contributed by atoms with E-state index in [1.54, 1.807) is 0 Å². The fourth-order valence-electron chi connectivity index (χ4n) is 1.30. The molecule has 0 aromatic carbocycles. The molecule has 1 heterocycles. The van der Waals surface area contributed by atoms with Gasteiger partial charge in [-0.05, 0) is 12.8 Å². The Bertz CT molecular complexity index is 161. The molecule has 1 aliphatic heterocycles. The molecule has 0 radical (unpaired) electrons. The van der Waals surface area contributed by atoms with Gasteiger partial charge in [0.05, 0.1) is 6.61 Å². The van der Waals surface area contributed by atoms with E-state index >= 15 is 0 Å². The second kappa shape index (κ2) is 3.90. The van der Waals surface area contributed by atoms with Crippen molar-refractivity contribution in [2.75, 3.05) is 6.61 Å². The molecule has 0 saturated carbocycles. The maximum Gasteiger partial charge on any atom is 0.338 e. The average molecular weight is 172 g/mol. The summed E-state index contributed by atoms with van der Waals surface area (Å²) >= 11 is 0. The van der Waals surface area contributed by atoms with Crippen molar-refractivity contribution in [2.24, 2.45) is 0 Å². The molecule has 1 fully saturated rings. The van der Waals surface area contributed by atoms with Gasteiger partial charge in [0, 0.05) is 0 Å². The molecule has 70 valence electrons. The third-order valence-corrected chi connectivity index (χ3v) is 2.32. The number of unbranched alkanes of at least 4 members (excludes halogenated alkanes) is 3. The summed E-state index contributed by atoms with van der Waals surface area (Å²) < 4.78 is 4.94. The van der Waals surface area contributed by atoms with Crippen LogP contribution in [0, 0.1) is 0 Å². The van der Waals surface area contributed by atoms with Crippen LogP contribution in [0.25, 0.3) is 0 Å². The largest absolute Gasteiger partial charge is 0.479 e. The summed E-state index contributed by atoms with van der Waals surface area (Å²) in [6, 6.07) is 0. The molecular weight excluding hydrogens is 156 g/mol. The molecule has 3 nitrogen and oxygen atoms in total. The SMILES string of the molecule is CCCCCCC1(C(=O)O)CO1. The van der Waals surface area contributed by atoms with Gasteiger partial charge in [-0.3, -0.25) is 0 Å². The maximum atomic E-state index is 10.6. The summed E-state index contributed by atoms with van der Waals surface area (Å²) in [6.07, 6.45) is 5.15. The highest BCUT2D eigenvalue weighted by Gasteiger charge is 2.51. The van der Waals surface area contributed by atoms with Crippen molar-refractivity contribution in [1.29, 1.82) is 0 Å². The first kappa shape index (κ1) is 9.52. The van der Waals surface area contributed by atoms with Gasteiger partial charge >= 0.3 is 5.97 Å². The smallest absolute Gasteiger partial charge is 0.338 e. The first-order chi connectivity index (χ1) is 5.71. The molecule has 0 aromatic rings. The third-order valence-electron chi connectivity index (χ3n) is 2.32. The normalized spacial score (nSPS) is 27.1. The van der Waals surface area contributed by atoms with Gasteiger partial charge in [-0.25, -0.2) is 4.79 Å². The lowest BCUT2D eigenvalue weighted by Gasteiger charge is -2.04. The summed E-state index contributed by atoms with van der Waals surface area (Å²) in [6.45, 7) is 2.55. The summed E-state index contributed by atoms with van der Waals surface area (Å²) in [5.74, 6) is -0.793. The Kier molecular flexibility index (Phi) is 3.09. The lowest BCUT2D eigenvalue weighted by Crippen LogP contribution is -2.23. The zero-order valence-electron chi connectivity index (χ0n) is 7.51. The van der Waals surface area contributed by atoms with Gasteiger partial charge in [-0.15, -0.1) is 0 Å². The van der Waals surface area contributed by atoms with E-state index < -0.39 is 11.6 Å². The predicted molar refractivity (Wildman–Crippen MR) is 45.1 cm³/mol. The number of ether oxygens (including phenoxy) is 1. The summed E-state index contributed by atoms with van der Waals surface area (Å²) in [5.41, 5.74) is -0.784. The molecule has 1 rings (SSSR count). The number of hydrogen-bond donors (Lipinski definition) is 1. The molecule has 12 heavy (non-hydrogen) atoms. The monoisotopic (exact) mass is 172 g/mol. The number of hydrogen-bond acceptors (Lipinski definition) is 2. The number of aliphatic carboxylic acids is 1. The molecule has 3 heteroatoms. The van der Waals surface area contributed by atoms with Crippen molar-refractivity contribution in [1.82, 2.24) is 0 Å². The Labute approximate surface area is 72.7 Å². The zero-order chi connectivity index (χ0) is 9.03. The Morgan fingerprint density at radius 1 is 1.50 bits per heavy atom. The number of carbonyl (C=O) groups is 1. The van der Waals surface area contributed by atoms with Gasteiger partial charge in [-0.2, -0.15) is 0 Å². The van der Waals surface area contributed by atoms with E-state index in [1.165, 1.54) is 12.8 Å². The first-order valence-electron chi connectivity index (χ1n) is 4.58. The van der Waals surface area contributed by atoms with Crippen molar-refractivity contribution in [3.63, 3.8) is 0 Å². The molecule has 0 bridgehead atoms. The molecule has 1 aliphatic rings. The van der Waals surface area contributed by atoms with Crippen LogP contribution in [0.1, 0.15) is 39.0 Å². The lowest BCUT2D eigenvalue weighted by atomic mass is 10.0. The van der Waals surface area contributed by atoms with E-state index in [0.29, 0.717) is 13.0 Å². The Morgan fingerprint density at radius 3 is 2.58 bits per heavy atom. The maximum absolute atomic E-state index is 10.6.